The van der Waals surface area contributed by atoms with Crippen LogP contribution in [0.25, 0.3) is 10.8 Å². The zero-order valence-electron chi connectivity index (χ0n) is 19.1. The van der Waals surface area contributed by atoms with Crippen LogP contribution in [-0.2, 0) is 17.3 Å². The minimum atomic E-state index is 0.104. The molecule has 0 atom stereocenters. The van der Waals surface area contributed by atoms with Crippen molar-refractivity contribution in [1.29, 1.82) is 0 Å². The zero-order valence-corrected chi connectivity index (χ0v) is 21.6. The second kappa shape index (κ2) is 13.7. The van der Waals surface area contributed by atoms with E-state index in [1.165, 1.54) is 11.1 Å². The third-order valence-electron chi connectivity index (χ3n) is 4.97. The first-order valence-corrected chi connectivity index (χ1v) is 12.7. The van der Waals surface area contributed by atoms with Crippen molar-refractivity contribution >= 4 is 31.8 Å². The van der Waals surface area contributed by atoms with Crippen molar-refractivity contribution in [3.05, 3.63) is 96.1 Å². The fourth-order valence-corrected chi connectivity index (χ4v) is 3.12. The van der Waals surface area contributed by atoms with Gasteiger partial charge in [0, 0.05) is 5.39 Å². The second-order valence-electron chi connectivity index (χ2n) is 7.59. The topological polar surface area (TPSA) is 54.2 Å². The Morgan fingerprint density at radius 3 is 2.12 bits per heavy atom. The van der Waals surface area contributed by atoms with E-state index in [1.54, 1.807) is 13.2 Å². The summed E-state index contributed by atoms with van der Waals surface area (Å²) in [6.45, 7) is 6.54. The average molecular weight is 549 g/mol. The second-order valence-corrected chi connectivity index (χ2v) is 7.59. The fourth-order valence-electron chi connectivity index (χ4n) is 3.12. The van der Waals surface area contributed by atoms with Gasteiger partial charge >= 0.3 is 27.0 Å². The molecule has 0 aliphatic carbocycles. The van der Waals surface area contributed by atoms with Crippen LogP contribution in [0.2, 0.25) is 0 Å². The summed E-state index contributed by atoms with van der Waals surface area (Å²) in [5.74, 6) is 1.40. The van der Waals surface area contributed by atoms with Gasteiger partial charge in [-0.3, -0.25) is 0 Å². The Hall–Kier alpha value is -2.75. The molecule has 0 bridgehead atoms. The molecular weight excluding hydrogens is 521 g/mol. The number of benzene rings is 4. The first kappa shape index (κ1) is 26.5. The van der Waals surface area contributed by atoms with Gasteiger partial charge < -0.3 is 9.84 Å². The van der Waals surface area contributed by atoms with Gasteiger partial charge in [-0.05, 0) is 42.0 Å². The van der Waals surface area contributed by atoms with Crippen LogP contribution in [0.4, 0.5) is 11.4 Å². The van der Waals surface area contributed by atoms with Crippen molar-refractivity contribution in [3.63, 3.8) is 0 Å². The quantitative estimate of drug-likeness (QED) is 0.205. The van der Waals surface area contributed by atoms with Crippen LogP contribution in [0.1, 0.15) is 30.9 Å². The molecule has 0 fully saturated rings. The molecule has 4 rings (SSSR count). The molecule has 0 aromatic heterocycles. The van der Waals surface area contributed by atoms with Crippen LogP contribution >= 0.6 is 9.69 Å². The van der Waals surface area contributed by atoms with Gasteiger partial charge in [0.15, 0.2) is 0 Å². The molecule has 0 aliphatic heterocycles. The molecule has 4 aromatic rings. The molecule has 0 saturated carbocycles. The molecule has 6 heteroatoms. The number of fused-ring (bicyclic) bond motifs is 1. The van der Waals surface area contributed by atoms with E-state index < -0.39 is 0 Å². The minimum absolute atomic E-state index is 0.104. The van der Waals surface area contributed by atoms with Gasteiger partial charge in [-0.1, -0.05) is 86.1 Å². The number of methoxy groups -OCH3 is 1. The Morgan fingerprint density at radius 1 is 0.818 bits per heavy atom. The summed E-state index contributed by atoms with van der Waals surface area (Å²) in [5.41, 5.74) is 3.83. The molecule has 0 amide bonds. The molecule has 0 aliphatic rings. The summed E-state index contributed by atoms with van der Waals surface area (Å²) in [6, 6.07) is 27.3. The van der Waals surface area contributed by atoms with Gasteiger partial charge in [-0.25, -0.2) is 0 Å². The molecule has 0 spiro atoms. The van der Waals surface area contributed by atoms with Crippen molar-refractivity contribution in [2.24, 2.45) is 10.2 Å². The van der Waals surface area contributed by atoms with Crippen LogP contribution in [0, 0.1) is 6.92 Å². The first-order chi connectivity index (χ1) is 16.0. The van der Waals surface area contributed by atoms with Crippen molar-refractivity contribution in [1.82, 2.24) is 0 Å². The molecule has 0 saturated heterocycles. The van der Waals surface area contributed by atoms with Crippen LogP contribution in [0.3, 0.4) is 0 Å². The molecule has 0 radical (unpaired) electrons. The number of hydrogen-bond donors (Lipinski definition) is 1. The van der Waals surface area contributed by atoms with Crippen molar-refractivity contribution < 1.29 is 27.2 Å². The van der Waals surface area contributed by atoms with E-state index in [9.17, 15) is 5.11 Å². The van der Waals surface area contributed by atoms with E-state index in [0.29, 0.717) is 23.0 Å². The number of nitrogens with zero attached hydrogens (tertiary/aromatic N) is 2. The monoisotopic (exact) mass is 549 g/mol. The van der Waals surface area contributed by atoms with Crippen LogP contribution in [0.15, 0.2) is 95.2 Å². The number of hydrogen-bond acceptors (Lipinski definition) is 4. The number of rotatable bonds is 4. The third-order valence-corrected chi connectivity index (χ3v) is 4.97. The number of aryl methyl sites for hydroxylation is 1. The molecule has 33 heavy (non-hydrogen) atoms. The summed E-state index contributed by atoms with van der Waals surface area (Å²) in [6.07, 6.45) is 0. The fraction of sp³-hybridized carbons (Fsp3) is 0.185. The molecule has 0 heterocycles. The Bertz CT molecular complexity index is 1180. The number of aromatic hydroxyl groups is 1. The predicted octanol–water partition coefficient (Wildman–Crippen LogP) is 8.77. The Morgan fingerprint density at radius 2 is 1.45 bits per heavy atom. The molecule has 0 unspecified atom stereocenters. The van der Waals surface area contributed by atoms with Crippen LogP contribution < -0.4 is 4.74 Å². The molecule has 1 N–H and O–H groups in total. The summed E-state index contributed by atoms with van der Waals surface area (Å²) < 4.78 is 5.24. The van der Waals surface area contributed by atoms with Gasteiger partial charge in [0.05, 0.1) is 7.11 Å². The van der Waals surface area contributed by atoms with E-state index in [0.717, 1.165) is 10.8 Å². The molecule has 4 aromatic carbocycles. The van der Waals surface area contributed by atoms with Crippen molar-refractivity contribution in [2.75, 3.05) is 7.11 Å². The van der Waals surface area contributed by atoms with Crippen LogP contribution in [-0.4, -0.2) is 12.2 Å². The molecule has 4 nitrogen and oxygen atoms in total. The number of para-hydroxylation sites is 1. The third kappa shape index (κ3) is 7.66. The number of azo groups is 1. The average Bonchev–Trinajstić information content (AvgIpc) is 2.85. The van der Waals surface area contributed by atoms with E-state index in [2.05, 4.69) is 65.0 Å². The van der Waals surface area contributed by atoms with E-state index in [1.807, 2.05) is 71.9 Å². The van der Waals surface area contributed by atoms with E-state index >= 15 is 0 Å². The van der Waals surface area contributed by atoms with Gasteiger partial charge in [-0.15, -0.1) is 10.2 Å². The van der Waals surface area contributed by atoms with Gasteiger partial charge in [0.2, 0.25) is 0 Å². The number of ether oxygens (including phenoxy) is 1. The maximum absolute atomic E-state index is 10.0. The Kier molecular flexibility index (Phi) is 11.0. The first-order valence-electron chi connectivity index (χ1n) is 10.4. The summed E-state index contributed by atoms with van der Waals surface area (Å²) >= 11 is 1.82. The Balaban J connectivity index is 0.000000270. The summed E-state index contributed by atoms with van der Waals surface area (Å²) in [5, 5.41) is 20.3. The van der Waals surface area contributed by atoms with Gasteiger partial charge in [-0.2, -0.15) is 0 Å². The summed E-state index contributed by atoms with van der Waals surface area (Å²) in [4.78, 5) is 0. The van der Waals surface area contributed by atoms with Crippen LogP contribution in [0.5, 0.6) is 11.5 Å². The number of phenolic OH excluding ortho intramolecular Hbond substituents is 1. The molecule has 173 valence electrons. The standard InChI is InChI=1S/C17H14N2O2.C10H14.ClH.Ru/c1-21-16-9-5-4-8-14(16)18-19-17-13-7-3-2-6-12(13)10-11-15(17)20;1-8(2)10-6-4-9(3)5-7-10;;/h2-11,20H,1H3;4-8H,1-3H3;1H;/q;;;+1/p-1. The van der Waals surface area contributed by atoms with Gasteiger partial charge in [0.1, 0.15) is 22.9 Å². The maximum atomic E-state index is 10.0. The van der Waals surface area contributed by atoms with Gasteiger partial charge in [0.25, 0.3) is 0 Å². The SMILES string of the molecule is COc1ccccc1N=Nc1c(O)ccc2ccccc12.Cc1ccc(C(C)C)cc1.[Cl][Ru]. The predicted molar refractivity (Wildman–Crippen MR) is 134 cm³/mol. The van der Waals surface area contributed by atoms with Crippen molar-refractivity contribution in [2.45, 2.75) is 26.7 Å². The van der Waals surface area contributed by atoms with E-state index in [-0.39, 0.29) is 5.75 Å². The summed E-state index contributed by atoms with van der Waals surface area (Å²) in [7, 11) is 6.16. The van der Waals surface area contributed by atoms with E-state index in [4.69, 9.17) is 4.74 Å². The number of phenols is 1. The normalized spacial score (nSPS) is 10.4. The Labute approximate surface area is 210 Å². The number of halogens is 1. The zero-order chi connectivity index (χ0) is 24.2. The molecular formula is C27H28ClN2O2Ru. The van der Waals surface area contributed by atoms with Crippen molar-refractivity contribution in [3.8, 4) is 11.5 Å².